The molecule has 8 heavy (non-hydrogen) atoms. The van der Waals surface area contributed by atoms with E-state index in [9.17, 15) is 4.79 Å². The minimum atomic E-state index is 0.115. The molecule has 1 aliphatic heterocycles. The second kappa shape index (κ2) is 2.27. The minimum Gasteiger partial charge on any atom is -0.308 e. The van der Waals surface area contributed by atoms with E-state index in [4.69, 9.17) is 0 Å². The molecule has 46 valence electrons. The summed E-state index contributed by atoms with van der Waals surface area (Å²) in [5, 5.41) is 3.08. The maximum absolute atomic E-state index is 10.7. The monoisotopic (exact) mass is 113 g/mol. The molecular weight excluding hydrogens is 102 g/mol. The molecule has 1 N–H and O–H groups in total. The van der Waals surface area contributed by atoms with Crippen LogP contribution >= 0.6 is 0 Å². The van der Waals surface area contributed by atoms with E-state index < -0.39 is 0 Å². The van der Waals surface area contributed by atoms with Gasteiger partial charge in [-0.25, -0.2) is 0 Å². The fourth-order valence-electron chi connectivity index (χ4n) is 0.912. The Morgan fingerprint density at radius 2 is 2.50 bits per heavy atom. The summed E-state index contributed by atoms with van der Waals surface area (Å²) >= 11 is 0. The van der Waals surface area contributed by atoms with Crippen LogP contribution in [-0.4, -0.2) is 18.4 Å². The minimum absolute atomic E-state index is 0.115. The SMILES string of the molecule is C[C@@H]1NCCCC1=O. The first-order chi connectivity index (χ1) is 3.80. The summed E-state index contributed by atoms with van der Waals surface area (Å²) < 4.78 is 0. The largest absolute Gasteiger partial charge is 0.308 e. The molecule has 0 aromatic rings. The molecule has 0 aromatic heterocycles. The highest BCUT2D eigenvalue weighted by Gasteiger charge is 2.15. The van der Waals surface area contributed by atoms with Gasteiger partial charge in [0.15, 0.2) is 0 Å². The van der Waals surface area contributed by atoms with Gasteiger partial charge in [-0.3, -0.25) is 4.79 Å². The summed E-state index contributed by atoms with van der Waals surface area (Å²) in [5.41, 5.74) is 0. The first-order valence-corrected chi connectivity index (χ1v) is 3.07. The van der Waals surface area contributed by atoms with Gasteiger partial charge in [-0.15, -0.1) is 0 Å². The van der Waals surface area contributed by atoms with Gasteiger partial charge < -0.3 is 5.32 Å². The number of hydrogen-bond donors (Lipinski definition) is 1. The van der Waals surface area contributed by atoms with Gasteiger partial charge in [0.05, 0.1) is 6.04 Å². The van der Waals surface area contributed by atoms with Gasteiger partial charge in [0.1, 0.15) is 5.78 Å². The summed E-state index contributed by atoms with van der Waals surface area (Å²) in [4.78, 5) is 10.7. The van der Waals surface area contributed by atoms with E-state index in [0.717, 1.165) is 19.4 Å². The molecule has 1 heterocycles. The van der Waals surface area contributed by atoms with Crippen molar-refractivity contribution >= 4 is 5.78 Å². The molecule has 0 saturated carbocycles. The van der Waals surface area contributed by atoms with Crippen molar-refractivity contribution in [2.75, 3.05) is 6.54 Å². The third-order valence-corrected chi connectivity index (χ3v) is 1.53. The third kappa shape index (κ3) is 1.07. The Balaban J connectivity index is 2.39. The van der Waals surface area contributed by atoms with Crippen molar-refractivity contribution in [2.24, 2.45) is 0 Å². The van der Waals surface area contributed by atoms with Crippen LogP contribution in [0.5, 0.6) is 0 Å². The number of Topliss-reactive ketones (excluding diaryl/α,β-unsaturated/α-hetero) is 1. The highest BCUT2D eigenvalue weighted by atomic mass is 16.1. The first-order valence-electron chi connectivity index (χ1n) is 3.07. The van der Waals surface area contributed by atoms with Crippen LogP contribution in [0, 0.1) is 0 Å². The molecule has 0 spiro atoms. The lowest BCUT2D eigenvalue weighted by Gasteiger charge is -2.17. The zero-order valence-electron chi connectivity index (χ0n) is 5.11. The van der Waals surface area contributed by atoms with Gasteiger partial charge in [-0.1, -0.05) is 0 Å². The predicted octanol–water partition coefficient (Wildman–Crippen LogP) is 0.327. The third-order valence-electron chi connectivity index (χ3n) is 1.53. The summed E-state index contributed by atoms with van der Waals surface area (Å²) in [6.45, 7) is 2.92. The number of carbonyl (C=O) groups excluding carboxylic acids is 1. The Kier molecular flexibility index (Phi) is 1.63. The average Bonchev–Trinajstić information content (AvgIpc) is 1.77. The van der Waals surface area contributed by atoms with Gasteiger partial charge in [-0.05, 0) is 19.9 Å². The van der Waals surface area contributed by atoms with Crippen LogP contribution in [0.25, 0.3) is 0 Å². The fraction of sp³-hybridized carbons (Fsp3) is 0.833. The molecule has 0 aliphatic carbocycles. The van der Waals surface area contributed by atoms with E-state index >= 15 is 0 Å². The van der Waals surface area contributed by atoms with Crippen LogP contribution in [-0.2, 0) is 4.79 Å². The lowest BCUT2D eigenvalue weighted by Crippen LogP contribution is -2.39. The molecule has 1 fully saturated rings. The lowest BCUT2D eigenvalue weighted by molar-refractivity contribution is -0.121. The molecule has 0 bridgehead atoms. The topological polar surface area (TPSA) is 29.1 Å². The van der Waals surface area contributed by atoms with E-state index in [1.54, 1.807) is 0 Å². The molecule has 0 unspecified atom stereocenters. The van der Waals surface area contributed by atoms with Crippen LogP contribution in [0.2, 0.25) is 0 Å². The molecule has 0 radical (unpaired) electrons. The quantitative estimate of drug-likeness (QED) is 0.490. The van der Waals surface area contributed by atoms with Crippen molar-refractivity contribution in [3.63, 3.8) is 0 Å². The molecule has 2 heteroatoms. The molecule has 0 amide bonds. The highest BCUT2D eigenvalue weighted by molar-refractivity contribution is 5.84. The van der Waals surface area contributed by atoms with E-state index in [-0.39, 0.29) is 6.04 Å². The van der Waals surface area contributed by atoms with Crippen molar-refractivity contribution in [3.8, 4) is 0 Å². The maximum Gasteiger partial charge on any atom is 0.149 e. The van der Waals surface area contributed by atoms with Gasteiger partial charge in [0.25, 0.3) is 0 Å². The van der Waals surface area contributed by atoms with E-state index in [2.05, 4.69) is 5.32 Å². The number of ketones is 1. The Morgan fingerprint density at radius 3 is 2.88 bits per heavy atom. The Morgan fingerprint density at radius 1 is 1.75 bits per heavy atom. The normalized spacial score (nSPS) is 30.6. The highest BCUT2D eigenvalue weighted by Crippen LogP contribution is 2.00. The van der Waals surface area contributed by atoms with Crippen LogP contribution in [0.4, 0.5) is 0 Å². The maximum atomic E-state index is 10.7. The van der Waals surface area contributed by atoms with Gasteiger partial charge in [0, 0.05) is 6.42 Å². The van der Waals surface area contributed by atoms with E-state index in [1.165, 1.54) is 0 Å². The smallest absolute Gasteiger partial charge is 0.149 e. The second-order valence-corrected chi connectivity index (χ2v) is 2.25. The molecule has 2 nitrogen and oxygen atoms in total. The number of piperidine rings is 1. The molecule has 1 atom stereocenters. The van der Waals surface area contributed by atoms with Crippen LogP contribution in [0.3, 0.4) is 0 Å². The lowest BCUT2D eigenvalue weighted by atomic mass is 10.1. The zero-order valence-corrected chi connectivity index (χ0v) is 5.11. The Bertz CT molecular complexity index is 101. The Hall–Kier alpha value is -0.370. The molecular formula is C6H11NO. The molecule has 1 saturated heterocycles. The number of carbonyl (C=O) groups is 1. The summed E-state index contributed by atoms with van der Waals surface area (Å²) in [7, 11) is 0. The van der Waals surface area contributed by atoms with Crippen LogP contribution in [0.1, 0.15) is 19.8 Å². The first kappa shape index (κ1) is 5.76. The second-order valence-electron chi connectivity index (χ2n) is 2.25. The summed E-state index contributed by atoms with van der Waals surface area (Å²) in [6.07, 6.45) is 1.79. The standard InChI is InChI=1S/C6H11NO/c1-5-6(8)3-2-4-7-5/h5,7H,2-4H2,1H3/t5-/m0/s1. The average molecular weight is 113 g/mol. The fourth-order valence-corrected chi connectivity index (χ4v) is 0.912. The van der Waals surface area contributed by atoms with Gasteiger partial charge in [0.2, 0.25) is 0 Å². The van der Waals surface area contributed by atoms with E-state index in [0.29, 0.717) is 5.78 Å². The molecule has 1 aliphatic rings. The molecule has 0 aromatic carbocycles. The van der Waals surface area contributed by atoms with Gasteiger partial charge >= 0.3 is 0 Å². The summed E-state index contributed by atoms with van der Waals surface area (Å²) in [6, 6.07) is 0.115. The predicted molar refractivity (Wildman–Crippen MR) is 31.7 cm³/mol. The van der Waals surface area contributed by atoms with Crippen molar-refractivity contribution in [3.05, 3.63) is 0 Å². The number of nitrogens with one attached hydrogen (secondary N) is 1. The number of rotatable bonds is 0. The Labute approximate surface area is 49.3 Å². The van der Waals surface area contributed by atoms with Crippen molar-refractivity contribution in [1.29, 1.82) is 0 Å². The van der Waals surface area contributed by atoms with Crippen molar-refractivity contribution in [2.45, 2.75) is 25.8 Å². The van der Waals surface area contributed by atoms with Gasteiger partial charge in [-0.2, -0.15) is 0 Å². The van der Waals surface area contributed by atoms with E-state index in [1.807, 2.05) is 6.92 Å². The molecule has 1 rings (SSSR count). The van der Waals surface area contributed by atoms with Crippen LogP contribution < -0.4 is 5.32 Å². The van der Waals surface area contributed by atoms with Crippen molar-refractivity contribution in [1.82, 2.24) is 5.32 Å². The zero-order chi connectivity index (χ0) is 5.98. The summed E-state index contributed by atoms with van der Waals surface area (Å²) in [5.74, 6) is 0.358. The van der Waals surface area contributed by atoms with Crippen molar-refractivity contribution < 1.29 is 4.79 Å². The van der Waals surface area contributed by atoms with Crippen LogP contribution in [0.15, 0.2) is 0 Å². The number of hydrogen-bond acceptors (Lipinski definition) is 2.